The fourth-order valence-electron chi connectivity index (χ4n) is 2.23. The summed E-state index contributed by atoms with van der Waals surface area (Å²) in [6.07, 6.45) is 1.34. The highest BCUT2D eigenvalue weighted by Crippen LogP contribution is 2.31. The Hall–Kier alpha value is -1.34. The standard InChI is InChI=1S/C11H15NO5S/c1-16-10(14)9(7-2-4-17-5-3-7)12-8(13)6-18-11(12)15/h6-7,9,13H,2-5H2,1H3. The Morgan fingerprint density at radius 2 is 2.28 bits per heavy atom. The second-order valence-electron chi connectivity index (χ2n) is 4.15. The lowest BCUT2D eigenvalue weighted by atomic mass is 9.91. The molecule has 7 heteroatoms. The van der Waals surface area contributed by atoms with Gasteiger partial charge in [0, 0.05) is 13.2 Å². The lowest BCUT2D eigenvalue weighted by molar-refractivity contribution is -0.147. The van der Waals surface area contributed by atoms with Crippen LogP contribution in [-0.2, 0) is 14.3 Å². The third-order valence-corrected chi connectivity index (χ3v) is 3.87. The first-order valence-electron chi connectivity index (χ1n) is 5.69. The largest absolute Gasteiger partial charge is 0.494 e. The monoisotopic (exact) mass is 273 g/mol. The molecule has 1 aromatic rings. The molecule has 6 nitrogen and oxygen atoms in total. The average Bonchev–Trinajstić information content (AvgIpc) is 2.72. The van der Waals surface area contributed by atoms with Gasteiger partial charge in [-0.05, 0) is 18.8 Å². The minimum atomic E-state index is -0.766. The number of thiazole rings is 1. The molecule has 1 atom stereocenters. The van der Waals surface area contributed by atoms with Gasteiger partial charge in [-0.1, -0.05) is 11.3 Å². The number of carbonyl (C=O) groups is 1. The van der Waals surface area contributed by atoms with Gasteiger partial charge in [-0.25, -0.2) is 4.79 Å². The van der Waals surface area contributed by atoms with E-state index in [9.17, 15) is 14.7 Å². The van der Waals surface area contributed by atoms with Crippen LogP contribution in [0.25, 0.3) is 0 Å². The van der Waals surface area contributed by atoms with Crippen molar-refractivity contribution in [2.45, 2.75) is 18.9 Å². The van der Waals surface area contributed by atoms with Crippen LogP contribution < -0.4 is 4.87 Å². The van der Waals surface area contributed by atoms with E-state index in [1.54, 1.807) is 0 Å². The molecule has 0 bridgehead atoms. The Balaban J connectivity index is 2.36. The van der Waals surface area contributed by atoms with Crippen LogP contribution in [0, 0.1) is 5.92 Å². The highest BCUT2D eigenvalue weighted by molar-refractivity contribution is 7.07. The number of nitrogens with zero attached hydrogens (tertiary/aromatic N) is 1. The summed E-state index contributed by atoms with van der Waals surface area (Å²) < 4.78 is 11.1. The number of aromatic hydroxyl groups is 1. The van der Waals surface area contributed by atoms with Crippen molar-refractivity contribution in [3.63, 3.8) is 0 Å². The van der Waals surface area contributed by atoms with Gasteiger partial charge in [0.25, 0.3) is 0 Å². The van der Waals surface area contributed by atoms with Gasteiger partial charge in [0.1, 0.15) is 6.04 Å². The lowest BCUT2D eigenvalue weighted by Gasteiger charge is -2.29. The van der Waals surface area contributed by atoms with Crippen molar-refractivity contribution in [3.05, 3.63) is 15.0 Å². The molecule has 1 unspecified atom stereocenters. The van der Waals surface area contributed by atoms with Gasteiger partial charge in [0.15, 0.2) is 0 Å². The van der Waals surface area contributed by atoms with E-state index in [2.05, 4.69) is 0 Å². The molecule has 18 heavy (non-hydrogen) atoms. The molecule has 100 valence electrons. The van der Waals surface area contributed by atoms with E-state index < -0.39 is 12.0 Å². The summed E-state index contributed by atoms with van der Waals surface area (Å²) in [6.45, 7) is 1.11. The third kappa shape index (κ3) is 2.41. The number of rotatable bonds is 3. The van der Waals surface area contributed by atoms with E-state index >= 15 is 0 Å². The first-order chi connectivity index (χ1) is 8.65. The molecule has 2 rings (SSSR count). The van der Waals surface area contributed by atoms with Crippen LogP contribution in [0.15, 0.2) is 10.2 Å². The molecule has 2 heterocycles. The van der Waals surface area contributed by atoms with Gasteiger partial charge in [-0.15, -0.1) is 0 Å². The summed E-state index contributed by atoms with van der Waals surface area (Å²) >= 11 is 0.870. The molecule has 1 saturated heterocycles. The number of aromatic nitrogens is 1. The van der Waals surface area contributed by atoms with Gasteiger partial charge in [0.05, 0.1) is 12.5 Å². The van der Waals surface area contributed by atoms with Crippen molar-refractivity contribution >= 4 is 17.3 Å². The number of hydrogen-bond donors (Lipinski definition) is 1. The van der Waals surface area contributed by atoms with Gasteiger partial charge in [-0.3, -0.25) is 9.36 Å². The Morgan fingerprint density at radius 1 is 1.61 bits per heavy atom. The summed E-state index contributed by atoms with van der Waals surface area (Å²) in [6, 6.07) is -0.766. The molecule has 0 amide bonds. The van der Waals surface area contributed by atoms with E-state index in [-0.39, 0.29) is 16.7 Å². The molecule has 0 saturated carbocycles. The second kappa shape index (κ2) is 5.53. The van der Waals surface area contributed by atoms with Crippen LogP contribution in [0.1, 0.15) is 18.9 Å². The van der Waals surface area contributed by atoms with Gasteiger partial charge < -0.3 is 14.6 Å². The normalized spacial score (nSPS) is 18.5. The smallest absolute Gasteiger partial charge is 0.329 e. The van der Waals surface area contributed by atoms with Crippen LogP contribution in [0.2, 0.25) is 0 Å². The number of hydrogen-bond acceptors (Lipinski definition) is 6. The predicted octanol–water partition coefficient (Wildman–Crippen LogP) is 0.756. The van der Waals surface area contributed by atoms with Gasteiger partial charge >= 0.3 is 10.8 Å². The van der Waals surface area contributed by atoms with E-state index in [0.717, 1.165) is 15.9 Å². The van der Waals surface area contributed by atoms with Crippen LogP contribution in [-0.4, -0.2) is 36.0 Å². The zero-order chi connectivity index (χ0) is 13.1. The van der Waals surface area contributed by atoms with E-state index in [1.807, 2.05) is 0 Å². The molecule has 0 aliphatic carbocycles. The fraction of sp³-hybridized carbons (Fsp3) is 0.636. The Bertz CT molecular complexity index is 474. The van der Waals surface area contributed by atoms with Crippen LogP contribution in [0.5, 0.6) is 5.88 Å². The summed E-state index contributed by atoms with van der Waals surface area (Å²) in [5, 5.41) is 11.0. The average molecular weight is 273 g/mol. The molecular formula is C11H15NO5S. The zero-order valence-electron chi connectivity index (χ0n) is 10.00. The second-order valence-corrected chi connectivity index (χ2v) is 4.97. The van der Waals surface area contributed by atoms with Gasteiger partial charge in [0.2, 0.25) is 5.88 Å². The lowest BCUT2D eigenvalue weighted by Crippen LogP contribution is -2.35. The summed E-state index contributed by atoms with van der Waals surface area (Å²) in [4.78, 5) is 23.3. The van der Waals surface area contributed by atoms with Gasteiger partial charge in [-0.2, -0.15) is 0 Å². The first kappa shape index (κ1) is 13.1. The van der Waals surface area contributed by atoms with Crippen molar-refractivity contribution in [2.75, 3.05) is 20.3 Å². The summed E-state index contributed by atoms with van der Waals surface area (Å²) in [5.41, 5.74) is 0. The van der Waals surface area contributed by atoms with Crippen LogP contribution in [0.3, 0.4) is 0 Å². The number of methoxy groups -OCH3 is 1. The zero-order valence-corrected chi connectivity index (χ0v) is 10.8. The molecule has 0 aromatic carbocycles. The molecule has 0 spiro atoms. The van der Waals surface area contributed by atoms with E-state index in [4.69, 9.17) is 9.47 Å². The maximum atomic E-state index is 11.9. The van der Waals surface area contributed by atoms with Crippen molar-refractivity contribution in [1.82, 2.24) is 4.57 Å². The summed E-state index contributed by atoms with van der Waals surface area (Å²) in [7, 11) is 1.28. The quantitative estimate of drug-likeness (QED) is 0.822. The molecular weight excluding hydrogens is 258 g/mol. The maximum Gasteiger partial charge on any atom is 0.329 e. The third-order valence-electron chi connectivity index (χ3n) is 3.14. The number of esters is 1. The number of carbonyl (C=O) groups excluding carboxylic acids is 1. The van der Waals surface area contributed by atoms with Crippen molar-refractivity contribution in [3.8, 4) is 5.88 Å². The Kier molecular flexibility index (Phi) is 4.03. The van der Waals surface area contributed by atoms with Crippen LogP contribution in [0.4, 0.5) is 0 Å². The Labute approximate surface area is 108 Å². The highest BCUT2D eigenvalue weighted by atomic mass is 32.1. The number of ether oxygens (including phenoxy) is 2. The predicted molar refractivity (Wildman–Crippen MR) is 64.8 cm³/mol. The molecule has 1 aliphatic heterocycles. The molecule has 0 radical (unpaired) electrons. The molecule has 1 aliphatic rings. The van der Waals surface area contributed by atoms with Crippen LogP contribution >= 0.6 is 11.3 Å². The molecule has 1 aromatic heterocycles. The fourth-order valence-corrected chi connectivity index (χ4v) is 2.87. The van der Waals surface area contributed by atoms with Crippen molar-refractivity contribution in [2.24, 2.45) is 5.92 Å². The molecule has 1 N–H and O–H groups in total. The SMILES string of the molecule is COC(=O)C(C1CCOCC1)n1c(O)csc1=O. The summed E-state index contributed by atoms with van der Waals surface area (Å²) in [5.74, 6) is -0.742. The van der Waals surface area contributed by atoms with Crippen molar-refractivity contribution < 1.29 is 19.4 Å². The first-order valence-corrected chi connectivity index (χ1v) is 6.57. The minimum Gasteiger partial charge on any atom is -0.494 e. The van der Waals surface area contributed by atoms with E-state index in [0.29, 0.717) is 26.1 Å². The van der Waals surface area contributed by atoms with E-state index in [1.165, 1.54) is 12.5 Å². The highest BCUT2D eigenvalue weighted by Gasteiger charge is 2.34. The topological polar surface area (TPSA) is 77.8 Å². The maximum absolute atomic E-state index is 11.9. The Morgan fingerprint density at radius 3 is 2.78 bits per heavy atom. The van der Waals surface area contributed by atoms with Crippen molar-refractivity contribution in [1.29, 1.82) is 0 Å². The molecule has 1 fully saturated rings. The minimum absolute atomic E-state index is 0.0515.